The second-order valence-electron chi connectivity index (χ2n) is 4.04. The number of halogens is 1. The molecule has 0 aliphatic heterocycles. The fraction of sp³-hybridized carbons (Fsp3) is 0.143. The largest absolute Gasteiger partial charge is 0.487 e. The first kappa shape index (κ1) is 13.0. The maximum Gasteiger partial charge on any atom is 0.335 e. The van der Waals surface area contributed by atoms with Crippen LogP contribution in [0.3, 0.4) is 0 Å². The summed E-state index contributed by atoms with van der Waals surface area (Å²) >= 11 is 0. The Morgan fingerprint density at radius 3 is 2.84 bits per heavy atom. The zero-order valence-electron chi connectivity index (χ0n) is 10.3. The molecule has 1 N–H and O–H groups in total. The summed E-state index contributed by atoms with van der Waals surface area (Å²) in [5.74, 6) is -1.68. The fourth-order valence-corrected chi connectivity index (χ4v) is 1.61. The summed E-state index contributed by atoms with van der Waals surface area (Å²) < 4.78 is 18.6. The van der Waals surface area contributed by atoms with Crippen LogP contribution in [0.4, 0.5) is 4.39 Å². The third-order valence-electron chi connectivity index (χ3n) is 2.45. The van der Waals surface area contributed by atoms with Crippen LogP contribution in [0.25, 0.3) is 0 Å². The number of hydrogen-bond acceptors (Lipinski definition) is 3. The monoisotopic (exact) mass is 261 g/mol. The Hall–Kier alpha value is -2.43. The van der Waals surface area contributed by atoms with Crippen LogP contribution in [0.1, 0.15) is 21.7 Å². The van der Waals surface area contributed by atoms with Gasteiger partial charge in [0.15, 0.2) is 0 Å². The van der Waals surface area contributed by atoms with E-state index in [1.165, 1.54) is 6.07 Å². The van der Waals surface area contributed by atoms with Crippen LogP contribution in [0.15, 0.2) is 36.4 Å². The van der Waals surface area contributed by atoms with Crippen molar-refractivity contribution in [2.45, 2.75) is 13.5 Å². The highest BCUT2D eigenvalue weighted by Gasteiger charge is 2.08. The Labute approximate surface area is 109 Å². The van der Waals surface area contributed by atoms with E-state index in [0.717, 1.165) is 17.8 Å². The number of carbonyl (C=O) groups is 1. The Morgan fingerprint density at radius 1 is 1.37 bits per heavy atom. The molecule has 0 amide bonds. The molecule has 0 fully saturated rings. The van der Waals surface area contributed by atoms with Gasteiger partial charge >= 0.3 is 5.97 Å². The normalized spacial score (nSPS) is 10.2. The minimum Gasteiger partial charge on any atom is -0.487 e. The zero-order chi connectivity index (χ0) is 13.8. The number of hydrogen-bond donors (Lipinski definition) is 1. The van der Waals surface area contributed by atoms with Crippen LogP contribution in [0.2, 0.25) is 0 Å². The lowest BCUT2D eigenvalue weighted by molar-refractivity contribution is 0.0695. The fourth-order valence-electron chi connectivity index (χ4n) is 1.61. The van der Waals surface area contributed by atoms with E-state index in [0.29, 0.717) is 5.69 Å². The van der Waals surface area contributed by atoms with Gasteiger partial charge in [-0.15, -0.1) is 0 Å². The number of aromatic carboxylic acids is 1. The van der Waals surface area contributed by atoms with E-state index in [2.05, 4.69) is 4.98 Å². The highest BCUT2D eigenvalue weighted by atomic mass is 19.1. The number of pyridine rings is 1. The van der Waals surface area contributed by atoms with Gasteiger partial charge in [-0.3, -0.25) is 4.98 Å². The molecule has 1 aromatic heterocycles. The summed E-state index contributed by atoms with van der Waals surface area (Å²) in [7, 11) is 0. The van der Waals surface area contributed by atoms with Gasteiger partial charge < -0.3 is 9.84 Å². The van der Waals surface area contributed by atoms with Crippen LogP contribution in [0, 0.1) is 12.7 Å². The molecule has 0 aliphatic carbocycles. The molecule has 2 aromatic rings. The van der Waals surface area contributed by atoms with Crippen molar-refractivity contribution in [1.29, 1.82) is 0 Å². The van der Waals surface area contributed by atoms with Crippen molar-refractivity contribution in [2.75, 3.05) is 0 Å². The predicted molar refractivity (Wildman–Crippen MR) is 66.7 cm³/mol. The van der Waals surface area contributed by atoms with E-state index in [4.69, 9.17) is 9.84 Å². The second kappa shape index (κ2) is 5.48. The third kappa shape index (κ3) is 3.51. The zero-order valence-corrected chi connectivity index (χ0v) is 10.3. The molecule has 0 aliphatic rings. The molecule has 5 heteroatoms. The maximum absolute atomic E-state index is 13.2. The number of ether oxygens (including phenoxy) is 1. The number of aryl methyl sites for hydroxylation is 1. The van der Waals surface area contributed by atoms with Crippen LogP contribution in [-0.4, -0.2) is 16.1 Å². The van der Waals surface area contributed by atoms with Crippen LogP contribution in [-0.2, 0) is 6.61 Å². The molecule has 0 saturated heterocycles. The summed E-state index contributed by atoms with van der Waals surface area (Å²) in [5, 5.41) is 8.82. The van der Waals surface area contributed by atoms with E-state index in [9.17, 15) is 9.18 Å². The smallest absolute Gasteiger partial charge is 0.335 e. The summed E-state index contributed by atoms with van der Waals surface area (Å²) in [4.78, 5) is 15.0. The number of carboxylic acids is 1. The molecule has 2 rings (SSSR count). The standard InChI is InChI=1S/C14H12FNO3/c1-9-3-2-4-12(16-9)8-19-13-6-10(14(17)18)5-11(15)7-13/h2-7H,8H2,1H3,(H,17,18). The Morgan fingerprint density at radius 2 is 2.16 bits per heavy atom. The van der Waals surface area contributed by atoms with Crippen molar-refractivity contribution < 1.29 is 19.0 Å². The SMILES string of the molecule is Cc1cccc(COc2cc(F)cc(C(=O)O)c2)n1. The first-order valence-corrected chi connectivity index (χ1v) is 5.64. The predicted octanol–water partition coefficient (Wildman–Crippen LogP) is 2.81. The van der Waals surface area contributed by atoms with Crippen molar-refractivity contribution in [2.24, 2.45) is 0 Å². The summed E-state index contributed by atoms with van der Waals surface area (Å²) in [6.45, 7) is 2.01. The topological polar surface area (TPSA) is 59.4 Å². The van der Waals surface area contributed by atoms with Crippen LogP contribution >= 0.6 is 0 Å². The van der Waals surface area contributed by atoms with Crippen molar-refractivity contribution in [3.63, 3.8) is 0 Å². The lowest BCUT2D eigenvalue weighted by Crippen LogP contribution is -2.02. The molecule has 4 nitrogen and oxygen atoms in total. The van der Waals surface area contributed by atoms with E-state index >= 15 is 0 Å². The van der Waals surface area contributed by atoms with Gasteiger partial charge in [0, 0.05) is 11.8 Å². The van der Waals surface area contributed by atoms with Gasteiger partial charge in [0.2, 0.25) is 0 Å². The van der Waals surface area contributed by atoms with Gasteiger partial charge in [0.05, 0.1) is 11.3 Å². The molecule has 0 saturated carbocycles. The second-order valence-corrected chi connectivity index (χ2v) is 4.04. The molecule has 0 bridgehead atoms. The number of aromatic nitrogens is 1. The van der Waals surface area contributed by atoms with Gasteiger partial charge in [-0.25, -0.2) is 9.18 Å². The molecule has 1 aromatic carbocycles. The minimum atomic E-state index is -1.20. The quantitative estimate of drug-likeness (QED) is 0.919. The summed E-state index contributed by atoms with van der Waals surface area (Å²) in [6, 6.07) is 8.84. The number of rotatable bonds is 4. The Bertz CT molecular complexity index is 613. The Kier molecular flexibility index (Phi) is 3.75. The molecular weight excluding hydrogens is 249 g/mol. The lowest BCUT2D eigenvalue weighted by atomic mass is 10.2. The Balaban J connectivity index is 2.13. The average Bonchev–Trinajstić information content (AvgIpc) is 2.36. The van der Waals surface area contributed by atoms with Crippen molar-refractivity contribution >= 4 is 5.97 Å². The van der Waals surface area contributed by atoms with Crippen molar-refractivity contribution in [3.8, 4) is 5.75 Å². The summed E-state index contributed by atoms with van der Waals surface area (Å²) in [6.07, 6.45) is 0. The lowest BCUT2D eigenvalue weighted by Gasteiger charge is -2.07. The molecule has 0 spiro atoms. The van der Waals surface area contributed by atoms with Crippen LogP contribution in [0.5, 0.6) is 5.75 Å². The number of carboxylic acid groups (broad SMARTS) is 1. The van der Waals surface area contributed by atoms with Crippen molar-refractivity contribution in [3.05, 3.63) is 59.2 Å². The van der Waals surface area contributed by atoms with Crippen LogP contribution < -0.4 is 4.74 Å². The first-order valence-electron chi connectivity index (χ1n) is 5.64. The van der Waals surface area contributed by atoms with Gasteiger partial charge in [-0.2, -0.15) is 0 Å². The molecule has 0 radical (unpaired) electrons. The van der Waals surface area contributed by atoms with E-state index in [-0.39, 0.29) is 17.9 Å². The highest BCUT2D eigenvalue weighted by Crippen LogP contribution is 2.17. The molecular formula is C14H12FNO3. The molecule has 0 unspecified atom stereocenters. The highest BCUT2D eigenvalue weighted by molar-refractivity contribution is 5.88. The summed E-state index contributed by atoms with van der Waals surface area (Å²) in [5.41, 5.74) is 1.40. The van der Waals surface area contributed by atoms with Gasteiger partial charge in [0.1, 0.15) is 18.2 Å². The third-order valence-corrected chi connectivity index (χ3v) is 2.45. The molecule has 19 heavy (non-hydrogen) atoms. The van der Waals surface area contributed by atoms with E-state index < -0.39 is 11.8 Å². The van der Waals surface area contributed by atoms with Gasteiger partial charge in [-0.1, -0.05) is 6.07 Å². The van der Waals surface area contributed by atoms with Gasteiger partial charge in [-0.05, 0) is 31.2 Å². The minimum absolute atomic E-state index is 0.146. The number of nitrogens with zero attached hydrogens (tertiary/aromatic N) is 1. The maximum atomic E-state index is 13.2. The molecule has 1 heterocycles. The van der Waals surface area contributed by atoms with E-state index in [1.54, 1.807) is 6.07 Å². The number of benzene rings is 1. The molecule has 0 atom stereocenters. The first-order chi connectivity index (χ1) is 9.04. The van der Waals surface area contributed by atoms with E-state index in [1.807, 2.05) is 19.1 Å². The van der Waals surface area contributed by atoms with Crippen molar-refractivity contribution in [1.82, 2.24) is 4.98 Å². The molecule has 98 valence electrons. The van der Waals surface area contributed by atoms with Gasteiger partial charge in [0.25, 0.3) is 0 Å². The average molecular weight is 261 g/mol.